The number of nitrogens with zero attached hydrogens (tertiary/aromatic N) is 4. The molecule has 2 aromatic heterocycles. The van der Waals surface area contributed by atoms with E-state index < -0.39 is 28.4 Å². The van der Waals surface area contributed by atoms with E-state index in [1.165, 1.54) is 27.6 Å². The lowest BCUT2D eigenvalue weighted by molar-refractivity contribution is 0.0690. The highest BCUT2D eigenvalue weighted by Gasteiger charge is 2.21. The number of aromatic carboxylic acids is 1. The van der Waals surface area contributed by atoms with Crippen molar-refractivity contribution >= 4 is 34.7 Å². The molecule has 4 rings (SSSR count). The SMILES string of the molecule is Cc1cccc(F)c1N(C)c1cc(-c2cc(F)c(Cl)c(F)c2)nc2cc(C(=O)O)nn12. The lowest BCUT2D eigenvalue weighted by atomic mass is 10.1. The van der Waals surface area contributed by atoms with Crippen LogP contribution in [0.1, 0.15) is 16.1 Å². The molecule has 0 spiro atoms. The Kier molecular flexibility index (Phi) is 5.06. The average molecular weight is 447 g/mol. The summed E-state index contributed by atoms with van der Waals surface area (Å²) in [5, 5.41) is 12.7. The third-order valence-corrected chi connectivity index (χ3v) is 5.14. The molecule has 0 saturated carbocycles. The van der Waals surface area contributed by atoms with Crippen LogP contribution in [-0.4, -0.2) is 32.7 Å². The van der Waals surface area contributed by atoms with Gasteiger partial charge >= 0.3 is 5.97 Å². The third-order valence-electron chi connectivity index (χ3n) is 4.77. The number of aryl methyl sites for hydroxylation is 1. The minimum Gasteiger partial charge on any atom is -0.476 e. The van der Waals surface area contributed by atoms with Gasteiger partial charge in [0.2, 0.25) is 0 Å². The van der Waals surface area contributed by atoms with E-state index in [9.17, 15) is 23.1 Å². The van der Waals surface area contributed by atoms with Crippen molar-refractivity contribution < 1.29 is 23.1 Å². The van der Waals surface area contributed by atoms with Crippen LogP contribution in [0.25, 0.3) is 16.9 Å². The van der Waals surface area contributed by atoms with Crippen LogP contribution >= 0.6 is 11.6 Å². The molecular formula is C21H14ClF3N4O2. The first-order valence-corrected chi connectivity index (χ1v) is 9.33. The van der Waals surface area contributed by atoms with Gasteiger partial charge in [0.15, 0.2) is 11.3 Å². The van der Waals surface area contributed by atoms with E-state index in [4.69, 9.17) is 11.6 Å². The molecule has 4 aromatic rings. The maximum Gasteiger partial charge on any atom is 0.356 e. The van der Waals surface area contributed by atoms with Gasteiger partial charge in [-0.15, -0.1) is 0 Å². The summed E-state index contributed by atoms with van der Waals surface area (Å²) in [5.74, 6) is -3.51. The Morgan fingerprint density at radius 2 is 1.77 bits per heavy atom. The Bertz CT molecular complexity index is 1310. The number of rotatable bonds is 4. The van der Waals surface area contributed by atoms with Crippen molar-refractivity contribution in [2.75, 3.05) is 11.9 Å². The highest BCUT2D eigenvalue weighted by Crippen LogP contribution is 2.33. The second-order valence-electron chi connectivity index (χ2n) is 6.82. The van der Waals surface area contributed by atoms with E-state index in [1.807, 2.05) is 0 Å². The van der Waals surface area contributed by atoms with Gasteiger partial charge in [-0.3, -0.25) is 0 Å². The maximum atomic E-state index is 14.6. The van der Waals surface area contributed by atoms with Gasteiger partial charge in [0, 0.05) is 24.7 Å². The monoisotopic (exact) mass is 446 g/mol. The number of fused-ring (bicyclic) bond motifs is 1. The van der Waals surface area contributed by atoms with Crippen LogP contribution in [0, 0.1) is 24.4 Å². The minimum atomic E-state index is -1.29. The number of aromatic nitrogens is 3. The Hall–Kier alpha value is -3.59. The van der Waals surface area contributed by atoms with Gasteiger partial charge in [-0.05, 0) is 30.7 Å². The fourth-order valence-electron chi connectivity index (χ4n) is 3.32. The van der Waals surface area contributed by atoms with Gasteiger partial charge in [-0.1, -0.05) is 23.7 Å². The van der Waals surface area contributed by atoms with Crippen LogP contribution in [-0.2, 0) is 0 Å². The van der Waals surface area contributed by atoms with Gasteiger partial charge < -0.3 is 10.0 Å². The fourth-order valence-corrected chi connectivity index (χ4v) is 3.42. The summed E-state index contributed by atoms with van der Waals surface area (Å²) < 4.78 is 43.9. The first kappa shape index (κ1) is 20.7. The number of benzene rings is 2. The van der Waals surface area contributed by atoms with Crippen molar-refractivity contribution in [3.05, 3.63) is 76.2 Å². The zero-order valence-corrected chi connectivity index (χ0v) is 17.0. The Morgan fingerprint density at radius 1 is 1.10 bits per heavy atom. The van der Waals surface area contributed by atoms with E-state index >= 15 is 0 Å². The van der Waals surface area contributed by atoms with Gasteiger partial charge in [-0.2, -0.15) is 9.61 Å². The highest BCUT2D eigenvalue weighted by molar-refractivity contribution is 6.31. The summed E-state index contributed by atoms with van der Waals surface area (Å²) in [7, 11) is 1.56. The van der Waals surface area contributed by atoms with Gasteiger partial charge in [0.25, 0.3) is 0 Å². The van der Waals surface area contributed by atoms with Gasteiger partial charge in [0.05, 0.1) is 11.4 Å². The predicted molar refractivity (Wildman–Crippen MR) is 110 cm³/mol. The summed E-state index contributed by atoms with van der Waals surface area (Å²) in [6.45, 7) is 1.71. The number of carboxylic acids is 1. The summed E-state index contributed by atoms with van der Waals surface area (Å²) in [6.07, 6.45) is 0. The molecule has 0 aliphatic rings. The molecule has 0 radical (unpaired) electrons. The van der Waals surface area contributed by atoms with Crippen LogP contribution < -0.4 is 4.90 Å². The van der Waals surface area contributed by atoms with Crippen molar-refractivity contribution in [2.45, 2.75) is 6.92 Å². The Morgan fingerprint density at radius 3 is 2.39 bits per heavy atom. The molecule has 10 heteroatoms. The molecule has 2 aromatic carbocycles. The third kappa shape index (κ3) is 3.57. The molecule has 0 aliphatic heterocycles. The molecule has 0 atom stereocenters. The number of halogens is 4. The molecule has 0 unspecified atom stereocenters. The van der Waals surface area contributed by atoms with Crippen LogP contribution in [0.15, 0.2) is 42.5 Å². The van der Waals surface area contributed by atoms with Gasteiger partial charge in [-0.25, -0.2) is 22.9 Å². The van der Waals surface area contributed by atoms with E-state index in [1.54, 1.807) is 26.1 Å². The molecule has 0 amide bonds. The van der Waals surface area contributed by atoms with Crippen molar-refractivity contribution in [2.24, 2.45) is 0 Å². The minimum absolute atomic E-state index is 0.0693. The number of carboxylic acid groups (broad SMARTS) is 1. The van der Waals surface area contributed by atoms with Crippen molar-refractivity contribution in [1.29, 1.82) is 0 Å². The number of hydrogen-bond donors (Lipinski definition) is 1. The lowest BCUT2D eigenvalue weighted by Gasteiger charge is -2.23. The first-order valence-electron chi connectivity index (χ1n) is 8.95. The molecule has 0 fully saturated rings. The highest BCUT2D eigenvalue weighted by atomic mass is 35.5. The smallest absolute Gasteiger partial charge is 0.356 e. The van der Waals surface area contributed by atoms with Crippen LogP contribution in [0.2, 0.25) is 5.02 Å². The van der Waals surface area contributed by atoms with Crippen molar-refractivity contribution in [1.82, 2.24) is 14.6 Å². The lowest BCUT2D eigenvalue weighted by Crippen LogP contribution is -2.17. The predicted octanol–water partition coefficient (Wildman–Crippen LogP) is 5.24. The first-order chi connectivity index (χ1) is 14.7. The van der Waals surface area contributed by atoms with E-state index in [0.29, 0.717) is 5.56 Å². The van der Waals surface area contributed by atoms with Crippen LogP contribution in [0.4, 0.5) is 24.7 Å². The normalized spacial score (nSPS) is 11.2. The summed E-state index contributed by atoms with van der Waals surface area (Å²) in [4.78, 5) is 17.2. The quantitative estimate of drug-likeness (QED) is 0.434. The molecule has 2 heterocycles. The molecule has 0 bridgehead atoms. The van der Waals surface area contributed by atoms with E-state index in [-0.39, 0.29) is 34.1 Å². The zero-order chi connectivity index (χ0) is 22.4. The van der Waals surface area contributed by atoms with Crippen LogP contribution in [0.3, 0.4) is 0 Å². The van der Waals surface area contributed by atoms with Gasteiger partial charge in [0.1, 0.15) is 28.3 Å². The summed E-state index contributed by atoms with van der Waals surface area (Å²) in [6, 6.07) is 9.22. The Balaban J connectivity index is 2.00. The molecule has 0 saturated heterocycles. The molecular weight excluding hydrogens is 433 g/mol. The molecule has 31 heavy (non-hydrogen) atoms. The van der Waals surface area contributed by atoms with Crippen molar-refractivity contribution in [3.8, 4) is 11.3 Å². The standard InChI is InChI=1S/C21H14ClF3N4O2/c1-10-4-3-5-12(23)20(10)28(2)18-9-15(11-6-13(24)19(22)14(25)7-11)26-17-8-16(21(30)31)27-29(17)18/h3-9H,1-2H3,(H,30,31). The summed E-state index contributed by atoms with van der Waals surface area (Å²) >= 11 is 5.57. The van der Waals surface area contributed by atoms with Crippen LogP contribution in [0.5, 0.6) is 0 Å². The van der Waals surface area contributed by atoms with E-state index in [0.717, 1.165) is 12.1 Å². The summed E-state index contributed by atoms with van der Waals surface area (Å²) in [5.41, 5.74) is 0.832. The number of hydrogen-bond acceptors (Lipinski definition) is 4. The Labute approximate surface area is 179 Å². The number of para-hydroxylation sites is 1. The fraction of sp³-hybridized carbons (Fsp3) is 0.0952. The molecule has 0 aliphatic carbocycles. The second kappa shape index (κ2) is 7.59. The van der Waals surface area contributed by atoms with E-state index in [2.05, 4.69) is 10.1 Å². The number of anilines is 2. The molecule has 158 valence electrons. The average Bonchev–Trinajstić information content (AvgIpc) is 3.15. The topological polar surface area (TPSA) is 70.7 Å². The second-order valence-corrected chi connectivity index (χ2v) is 7.20. The molecule has 1 N–H and O–H groups in total. The largest absolute Gasteiger partial charge is 0.476 e. The molecule has 6 nitrogen and oxygen atoms in total. The zero-order valence-electron chi connectivity index (χ0n) is 16.2. The van der Waals surface area contributed by atoms with Crippen molar-refractivity contribution in [3.63, 3.8) is 0 Å². The number of carbonyl (C=O) groups is 1. The maximum absolute atomic E-state index is 14.6.